The van der Waals surface area contributed by atoms with E-state index in [1.807, 2.05) is 6.92 Å². The fraction of sp³-hybridized carbons (Fsp3) is 1.00. The van der Waals surface area contributed by atoms with E-state index in [1.54, 1.807) is 7.11 Å². The van der Waals surface area contributed by atoms with E-state index in [9.17, 15) is 5.11 Å². The van der Waals surface area contributed by atoms with E-state index in [2.05, 4.69) is 12.2 Å². The molecule has 0 aliphatic heterocycles. The molecule has 0 heterocycles. The number of aliphatic hydroxyl groups is 1. The summed E-state index contributed by atoms with van der Waals surface area (Å²) >= 11 is 0. The van der Waals surface area contributed by atoms with Gasteiger partial charge in [0, 0.05) is 26.8 Å². The van der Waals surface area contributed by atoms with Gasteiger partial charge in [0.2, 0.25) is 0 Å². The van der Waals surface area contributed by atoms with Crippen LogP contribution in [0.3, 0.4) is 0 Å². The summed E-state index contributed by atoms with van der Waals surface area (Å²) in [5.74, 6) is 0. The number of unbranched alkanes of at least 4 members (excludes halogenated alkanes) is 1. The normalized spacial score (nSPS) is 14.7. The molecule has 110 valence electrons. The maximum Gasteiger partial charge on any atom is 0.0897 e. The Balaban J connectivity index is 3.23. The van der Waals surface area contributed by atoms with Crippen molar-refractivity contribution in [1.29, 1.82) is 0 Å². The first-order valence-electron chi connectivity index (χ1n) is 6.77. The second-order valence-electron chi connectivity index (χ2n) is 4.42. The van der Waals surface area contributed by atoms with E-state index in [0.29, 0.717) is 26.4 Å². The van der Waals surface area contributed by atoms with Crippen LogP contribution in [0.1, 0.15) is 26.7 Å². The SMILES string of the molecule is CCCCOCCNCC(O)COC(C)COC. The Labute approximate surface area is 111 Å². The van der Waals surface area contributed by atoms with Crippen molar-refractivity contribution in [2.75, 3.05) is 46.6 Å². The zero-order chi connectivity index (χ0) is 13.6. The van der Waals surface area contributed by atoms with Gasteiger partial charge in [0.25, 0.3) is 0 Å². The zero-order valence-corrected chi connectivity index (χ0v) is 12.0. The van der Waals surface area contributed by atoms with Gasteiger partial charge in [0.15, 0.2) is 0 Å². The average Bonchev–Trinajstić information content (AvgIpc) is 2.35. The molecule has 0 aliphatic rings. The van der Waals surface area contributed by atoms with Crippen molar-refractivity contribution >= 4 is 0 Å². The molecule has 2 atom stereocenters. The van der Waals surface area contributed by atoms with Crippen LogP contribution in [0.15, 0.2) is 0 Å². The third kappa shape index (κ3) is 12.3. The third-order valence-corrected chi connectivity index (χ3v) is 2.42. The fourth-order valence-corrected chi connectivity index (χ4v) is 1.38. The van der Waals surface area contributed by atoms with Gasteiger partial charge >= 0.3 is 0 Å². The molecule has 0 saturated carbocycles. The Kier molecular flexibility index (Phi) is 13.1. The highest BCUT2D eigenvalue weighted by Gasteiger charge is 2.07. The number of hydrogen-bond acceptors (Lipinski definition) is 5. The molecular weight excluding hydrogens is 234 g/mol. The molecule has 2 N–H and O–H groups in total. The Hall–Kier alpha value is -0.200. The number of ether oxygens (including phenoxy) is 3. The zero-order valence-electron chi connectivity index (χ0n) is 12.0. The van der Waals surface area contributed by atoms with Crippen molar-refractivity contribution in [2.45, 2.75) is 38.9 Å². The predicted molar refractivity (Wildman–Crippen MR) is 71.9 cm³/mol. The number of aliphatic hydroxyl groups excluding tert-OH is 1. The second kappa shape index (κ2) is 13.2. The van der Waals surface area contributed by atoms with E-state index in [4.69, 9.17) is 14.2 Å². The lowest BCUT2D eigenvalue weighted by Gasteiger charge is -2.16. The standard InChI is InChI=1S/C13H29NO4/c1-4-5-7-17-8-6-14-9-13(15)11-18-12(2)10-16-3/h12-15H,4-11H2,1-3H3. The Bertz CT molecular complexity index is 169. The maximum atomic E-state index is 9.64. The van der Waals surface area contributed by atoms with E-state index in [0.717, 1.165) is 26.0 Å². The van der Waals surface area contributed by atoms with E-state index < -0.39 is 6.10 Å². The summed E-state index contributed by atoms with van der Waals surface area (Å²) in [5.41, 5.74) is 0. The highest BCUT2D eigenvalue weighted by molar-refractivity contribution is 4.59. The van der Waals surface area contributed by atoms with Crippen molar-refractivity contribution in [2.24, 2.45) is 0 Å². The molecule has 2 unspecified atom stereocenters. The van der Waals surface area contributed by atoms with Gasteiger partial charge in [-0.1, -0.05) is 13.3 Å². The lowest BCUT2D eigenvalue weighted by molar-refractivity contribution is -0.0313. The third-order valence-electron chi connectivity index (χ3n) is 2.42. The minimum Gasteiger partial charge on any atom is -0.389 e. The van der Waals surface area contributed by atoms with Crippen molar-refractivity contribution < 1.29 is 19.3 Å². The second-order valence-corrected chi connectivity index (χ2v) is 4.42. The molecule has 0 aromatic carbocycles. The molecule has 0 aromatic rings. The molecule has 0 bridgehead atoms. The maximum absolute atomic E-state index is 9.64. The van der Waals surface area contributed by atoms with Gasteiger partial charge in [-0.2, -0.15) is 0 Å². The molecule has 5 nitrogen and oxygen atoms in total. The van der Waals surface area contributed by atoms with Crippen LogP contribution < -0.4 is 5.32 Å². The minimum absolute atomic E-state index is 0.0158. The highest BCUT2D eigenvalue weighted by atomic mass is 16.5. The molecular formula is C13H29NO4. The van der Waals surface area contributed by atoms with Crippen LogP contribution in [-0.2, 0) is 14.2 Å². The summed E-state index contributed by atoms with van der Waals surface area (Å²) < 4.78 is 15.7. The first-order chi connectivity index (χ1) is 8.70. The topological polar surface area (TPSA) is 60.0 Å². The molecule has 0 saturated heterocycles. The smallest absolute Gasteiger partial charge is 0.0897 e. The van der Waals surface area contributed by atoms with Gasteiger partial charge < -0.3 is 24.6 Å². The summed E-state index contributed by atoms with van der Waals surface area (Å²) in [5, 5.41) is 12.8. The lowest BCUT2D eigenvalue weighted by Crippen LogP contribution is -2.34. The van der Waals surface area contributed by atoms with Crippen LogP contribution in [0.5, 0.6) is 0 Å². The van der Waals surface area contributed by atoms with Crippen LogP contribution in [0.2, 0.25) is 0 Å². The molecule has 0 radical (unpaired) electrons. The monoisotopic (exact) mass is 263 g/mol. The molecule has 0 aliphatic carbocycles. The van der Waals surface area contributed by atoms with Gasteiger partial charge in [-0.15, -0.1) is 0 Å². The van der Waals surface area contributed by atoms with Crippen LogP contribution in [0.25, 0.3) is 0 Å². The van der Waals surface area contributed by atoms with Gasteiger partial charge in [0.05, 0.1) is 32.0 Å². The predicted octanol–water partition coefficient (Wildman–Crippen LogP) is 0.805. The Morgan fingerprint density at radius 2 is 2.00 bits per heavy atom. The van der Waals surface area contributed by atoms with Crippen LogP contribution in [0.4, 0.5) is 0 Å². The largest absolute Gasteiger partial charge is 0.389 e. The van der Waals surface area contributed by atoms with Crippen molar-refractivity contribution in [3.8, 4) is 0 Å². The molecule has 0 fully saturated rings. The number of nitrogens with one attached hydrogen (secondary N) is 1. The van der Waals surface area contributed by atoms with E-state index in [1.165, 1.54) is 0 Å². The van der Waals surface area contributed by atoms with Crippen molar-refractivity contribution in [3.05, 3.63) is 0 Å². The molecule has 0 spiro atoms. The molecule has 5 heteroatoms. The van der Waals surface area contributed by atoms with Crippen LogP contribution in [0, 0.1) is 0 Å². The summed E-state index contributed by atoms with van der Waals surface area (Å²) in [6, 6.07) is 0. The molecule has 0 amide bonds. The summed E-state index contributed by atoms with van der Waals surface area (Å²) in [7, 11) is 1.64. The van der Waals surface area contributed by atoms with Gasteiger partial charge in [0.1, 0.15) is 0 Å². The Morgan fingerprint density at radius 1 is 1.22 bits per heavy atom. The summed E-state index contributed by atoms with van der Waals surface area (Å²) in [4.78, 5) is 0. The van der Waals surface area contributed by atoms with Gasteiger partial charge in [-0.3, -0.25) is 0 Å². The summed E-state index contributed by atoms with van der Waals surface area (Å²) in [6.07, 6.45) is 1.79. The fourth-order valence-electron chi connectivity index (χ4n) is 1.38. The average molecular weight is 263 g/mol. The van der Waals surface area contributed by atoms with Crippen LogP contribution >= 0.6 is 0 Å². The molecule has 0 aromatic heterocycles. The number of rotatable bonds is 13. The highest BCUT2D eigenvalue weighted by Crippen LogP contribution is 1.93. The van der Waals surface area contributed by atoms with Gasteiger partial charge in [-0.05, 0) is 13.3 Å². The molecule has 18 heavy (non-hydrogen) atoms. The quantitative estimate of drug-likeness (QED) is 0.481. The molecule has 0 rings (SSSR count). The van der Waals surface area contributed by atoms with Crippen molar-refractivity contribution in [1.82, 2.24) is 5.32 Å². The first-order valence-corrected chi connectivity index (χ1v) is 6.77. The van der Waals surface area contributed by atoms with Crippen molar-refractivity contribution in [3.63, 3.8) is 0 Å². The summed E-state index contributed by atoms with van der Waals surface area (Å²) in [6.45, 7) is 7.73. The van der Waals surface area contributed by atoms with Crippen LogP contribution in [-0.4, -0.2) is 63.9 Å². The lowest BCUT2D eigenvalue weighted by atomic mass is 10.3. The minimum atomic E-state index is -0.486. The number of hydrogen-bond donors (Lipinski definition) is 2. The van der Waals surface area contributed by atoms with Gasteiger partial charge in [-0.25, -0.2) is 0 Å². The number of methoxy groups -OCH3 is 1. The first kappa shape index (κ1) is 17.8. The van der Waals surface area contributed by atoms with E-state index in [-0.39, 0.29) is 6.10 Å². The van der Waals surface area contributed by atoms with E-state index >= 15 is 0 Å². The Morgan fingerprint density at radius 3 is 2.67 bits per heavy atom.